The maximum atomic E-state index is 12.6. The van der Waals surface area contributed by atoms with Crippen LogP contribution in [0.5, 0.6) is 0 Å². The molecule has 0 bridgehead atoms. The number of benzene rings is 1. The minimum atomic E-state index is -0.163. The topological polar surface area (TPSA) is 30.0 Å². The minimum absolute atomic E-state index is 0.163. The molecule has 1 aliphatic rings. The third-order valence-corrected chi connectivity index (χ3v) is 4.11. The Morgan fingerprint density at radius 2 is 1.94 bits per heavy atom. The monoisotopic (exact) mass is 239 g/mol. The van der Waals surface area contributed by atoms with Crippen LogP contribution in [0.3, 0.4) is 0 Å². The van der Waals surface area contributed by atoms with Gasteiger partial charge in [0.2, 0.25) is 0 Å². The number of nitrogens with zero attached hydrogens (tertiary/aromatic N) is 1. The third kappa shape index (κ3) is 1.82. The molecule has 0 saturated heterocycles. The van der Waals surface area contributed by atoms with Crippen molar-refractivity contribution in [3.05, 3.63) is 42.1 Å². The highest BCUT2D eigenvalue weighted by atomic mass is 16.1. The Bertz CT molecular complexity index is 597. The number of Topliss-reactive ketones (excluding diaryl/α,β-unsaturated/α-hetero) is 1. The highest BCUT2D eigenvalue weighted by Gasteiger charge is 2.36. The molecule has 1 fully saturated rings. The van der Waals surface area contributed by atoms with Gasteiger partial charge in [-0.3, -0.25) is 9.78 Å². The number of carbonyl (C=O) groups is 1. The molecular formula is C16H17NO. The maximum absolute atomic E-state index is 12.6. The van der Waals surface area contributed by atoms with Crippen LogP contribution in [0, 0.1) is 5.41 Å². The van der Waals surface area contributed by atoms with Crippen LogP contribution < -0.4 is 0 Å². The van der Waals surface area contributed by atoms with Gasteiger partial charge in [-0.15, -0.1) is 0 Å². The first-order valence-electron chi connectivity index (χ1n) is 6.59. The molecule has 2 heteroatoms. The molecule has 0 spiro atoms. The van der Waals surface area contributed by atoms with E-state index in [0.717, 1.165) is 29.3 Å². The molecule has 92 valence electrons. The molecule has 1 heterocycles. The van der Waals surface area contributed by atoms with Gasteiger partial charge in [0.15, 0.2) is 5.78 Å². The Hall–Kier alpha value is -1.70. The van der Waals surface area contributed by atoms with Crippen LogP contribution in [0.25, 0.3) is 10.9 Å². The molecule has 0 aliphatic heterocycles. The van der Waals surface area contributed by atoms with E-state index in [9.17, 15) is 4.79 Å². The smallest absolute Gasteiger partial charge is 0.170 e. The molecule has 1 aliphatic carbocycles. The minimum Gasteiger partial charge on any atom is -0.294 e. The quantitative estimate of drug-likeness (QED) is 0.741. The molecule has 0 amide bonds. The molecule has 0 atom stereocenters. The van der Waals surface area contributed by atoms with Gasteiger partial charge in [-0.25, -0.2) is 0 Å². The lowest BCUT2D eigenvalue weighted by Crippen LogP contribution is -2.24. The van der Waals surface area contributed by atoms with Gasteiger partial charge in [0.05, 0.1) is 5.52 Å². The predicted octanol–water partition coefficient (Wildman–Crippen LogP) is 4.00. The van der Waals surface area contributed by atoms with Crippen molar-refractivity contribution in [2.24, 2.45) is 5.41 Å². The van der Waals surface area contributed by atoms with E-state index in [1.807, 2.05) is 30.3 Å². The van der Waals surface area contributed by atoms with Gasteiger partial charge in [-0.1, -0.05) is 38.0 Å². The Labute approximate surface area is 107 Å². The summed E-state index contributed by atoms with van der Waals surface area (Å²) >= 11 is 0. The van der Waals surface area contributed by atoms with E-state index < -0.39 is 0 Å². The number of pyridine rings is 1. The number of hydrogen-bond acceptors (Lipinski definition) is 2. The summed E-state index contributed by atoms with van der Waals surface area (Å²) in [5.74, 6) is 0.262. The SMILES string of the molecule is CC1(C(=O)c2cnc3ccccc3c2)CCCC1. The number of rotatable bonds is 2. The number of carbonyl (C=O) groups excluding carboxylic acids is 1. The molecular weight excluding hydrogens is 222 g/mol. The fraction of sp³-hybridized carbons (Fsp3) is 0.375. The first-order chi connectivity index (χ1) is 8.69. The lowest BCUT2D eigenvalue weighted by Gasteiger charge is -2.21. The normalized spacial score (nSPS) is 18.1. The van der Waals surface area contributed by atoms with E-state index >= 15 is 0 Å². The third-order valence-electron chi connectivity index (χ3n) is 4.11. The summed E-state index contributed by atoms with van der Waals surface area (Å²) in [4.78, 5) is 17.0. The van der Waals surface area contributed by atoms with E-state index in [4.69, 9.17) is 0 Å². The van der Waals surface area contributed by atoms with Crippen molar-refractivity contribution in [3.63, 3.8) is 0 Å². The Morgan fingerprint density at radius 1 is 1.22 bits per heavy atom. The predicted molar refractivity (Wildman–Crippen MR) is 72.6 cm³/mol. The van der Waals surface area contributed by atoms with Crippen LogP contribution in [0.4, 0.5) is 0 Å². The van der Waals surface area contributed by atoms with E-state index in [1.165, 1.54) is 12.8 Å². The zero-order valence-electron chi connectivity index (χ0n) is 10.6. The van der Waals surface area contributed by atoms with Crippen LogP contribution in [-0.4, -0.2) is 10.8 Å². The van der Waals surface area contributed by atoms with E-state index in [-0.39, 0.29) is 11.2 Å². The summed E-state index contributed by atoms with van der Waals surface area (Å²) in [5.41, 5.74) is 1.55. The summed E-state index contributed by atoms with van der Waals surface area (Å²) in [7, 11) is 0. The summed E-state index contributed by atoms with van der Waals surface area (Å²) in [6, 6.07) is 9.91. The van der Waals surface area contributed by atoms with E-state index in [2.05, 4.69) is 11.9 Å². The molecule has 2 nitrogen and oxygen atoms in total. The highest BCUT2D eigenvalue weighted by Crippen LogP contribution is 2.40. The second-order valence-corrected chi connectivity index (χ2v) is 5.51. The average molecular weight is 239 g/mol. The van der Waals surface area contributed by atoms with E-state index in [0.29, 0.717) is 0 Å². The van der Waals surface area contributed by atoms with Crippen LogP contribution in [-0.2, 0) is 0 Å². The van der Waals surface area contributed by atoms with Crippen molar-refractivity contribution in [2.45, 2.75) is 32.6 Å². The van der Waals surface area contributed by atoms with Crippen LogP contribution in [0.2, 0.25) is 0 Å². The molecule has 3 rings (SSSR count). The van der Waals surface area contributed by atoms with Gasteiger partial charge in [-0.2, -0.15) is 0 Å². The largest absolute Gasteiger partial charge is 0.294 e. The second-order valence-electron chi connectivity index (χ2n) is 5.51. The summed E-state index contributed by atoms with van der Waals surface area (Å²) < 4.78 is 0. The van der Waals surface area contributed by atoms with Gasteiger partial charge in [0.1, 0.15) is 0 Å². The van der Waals surface area contributed by atoms with Crippen LogP contribution in [0.1, 0.15) is 43.0 Å². The van der Waals surface area contributed by atoms with Gasteiger partial charge in [0, 0.05) is 22.6 Å². The molecule has 18 heavy (non-hydrogen) atoms. The number of fused-ring (bicyclic) bond motifs is 1. The first kappa shape index (κ1) is 11.4. The summed E-state index contributed by atoms with van der Waals surface area (Å²) in [6.45, 7) is 2.09. The van der Waals surface area contributed by atoms with Gasteiger partial charge in [0.25, 0.3) is 0 Å². The first-order valence-corrected chi connectivity index (χ1v) is 6.59. The van der Waals surface area contributed by atoms with Crippen molar-refractivity contribution in [1.82, 2.24) is 4.98 Å². The van der Waals surface area contributed by atoms with Gasteiger partial charge >= 0.3 is 0 Å². The van der Waals surface area contributed by atoms with Gasteiger partial charge in [-0.05, 0) is 25.0 Å². The molecule has 0 radical (unpaired) electrons. The van der Waals surface area contributed by atoms with Crippen LogP contribution in [0.15, 0.2) is 36.5 Å². The molecule has 1 aromatic heterocycles. The fourth-order valence-corrected chi connectivity index (χ4v) is 2.93. The molecule has 1 aromatic carbocycles. The van der Waals surface area contributed by atoms with E-state index in [1.54, 1.807) is 6.20 Å². The summed E-state index contributed by atoms with van der Waals surface area (Å²) in [5, 5.41) is 1.05. The lowest BCUT2D eigenvalue weighted by molar-refractivity contribution is 0.0823. The van der Waals surface area contributed by atoms with Crippen molar-refractivity contribution in [3.8, 4) is 0 Å². The van der Waals surface area contributed by atoms with Crippen molar-refractivity contribution < 1.29 is 4.79 Å². The fourth-order valence-electron chi connectivity index (χ4n) is 2.93. The molecule has 2 aromatic rings. The Kier molecular flexibility index (Phi) is 2.66. The van der Waals surface area contributed by atoms with Crippen molar-refractivity contribution >= 4 is 16.7 Å². The second kappa shape index (κ2) is 4.20. The van der Waals surface area contributed by atoms with Crippen molar-refractivity contribution in [2.75, 3.05) is 0 Å². The molecule has 0 N–H and O–H groups in total. The zero-order chi connectivity index (χ0) is 12.6. The maximum Gasteiger partial charge on any atom is 0.170 e. The standard InChI is InChI=1S/C16H17NO/c1-16(8-4-5-9-16)15(18)13-10-12-6-2-3-7-14(12)17-11-13/h2-3,6-7,10-11H,4-5,8-9H2,1H3. The number of para-hydroxylation sites is 1. The average Bonchev–Trinajstić information content (AvgIpc) is 2.85. The molecule has 1 saturated carbocycles. The Morgan fingerprint density at radius 3 is 2.72 bits per heavy atom. The van der Waals surface area contributed by atoms with Gasteiger partial charge < -0.3 is 0 Å². The summed E-state index contributed by atoms with van der Waals surface area (Å²) in [6.07, 6.45) is 6.10. The van der Waals surface area contributed by atoms with Crippen molar-refractivity contribution in [1.29, 1.82) is 0 Å². The van der Waals surface area contributed by atoms with Crippen LogP contribution >= 0.6 is 0 Å². The zero-order valence-corrected chi connectivity index (χ0v) is 10.6. The lowest BCUT2D eigenvalue weighted by atomic mass is 9.81. The number of aromatic nitrogens is 1. The number of hydrogen-bond donors (Lipinski definition) is 0. The Balaban J connectivity index is 2.01. The molecule has 0 unspecified atom stereocenters. The highest BCUT2D eigenvalue weighted by molar-refractivity contribution is 6.02. The number of ketones is 1.